The van der Waals surface area contributed by atoms with E-state index in [9.17, 15) is 9.18 Å². The third-order valence-corrected chi connectivity index (χ3v) is 8.81. The number of piperazine rings is 1. The summed E-state index contributed by atoms with van der Waals surface area (Å²) in [6.07, 6.45) is 1.40. The lowest BCUT2D eigenvalue weighted by Gasteiger charge is -2.45. The van der Waals surface area contributed by atoms with Crippen molar-refractivity contribution in [3.8, 4) is 11.1 Å². The van der Waals surface area contributed by atoms with E-state index in [1.165, 1.54) is 12.1 Å². The number of fused-ring (bicyclic) bond motifs is 1. The Labute approximate surface area is 272 Å². The first-order valence-corrected chi connectivity index (χ1v) is 16.2. The molecule has 1 amide bonds. The predicted molar refractivity (Wildman–Crippen MR) is 185 cm³/mol. The predicted octanol–water partition coefficient (Wildman–Crippen LogP) is 6.32. The van der Waals surface area contributed by atoms with E-state index in [4.69, 9.17) is 4.99 Å². The zero-order chi connectivity index (χ0) is 31.9. The van der Waals surface area contributed by atoms with Gasteiger partial charge in [-0.25, -0.2) is 9.38 Å². The minimum absolute atomic E-state index is 0.0676. The summed E-state index contributed by atoms with van der Waals surface area (Å²) in [5.74, 6) is 0.529. The highest BCUT2D eigenvalue weighted by Gasteiger charge is 2.36. The van der Waals surface area contributed by atoms with Crippen molar-refractivity contribution in [1.82, 2.24) is 20.0 Å². The average molecular weight is 619 g/mol. The Morgan fingerprint density at radius 3 is 2.24 bits per heavy atom. The summed E-state index contributed by atoms with van der Waals surface area (Å²) < 4.78 is 13.4. The first kappa shape index (κ1) is 31.5. The van der Waals surface area contributed by atoms with E-state index in [1.807, 2.05) is 24.3 Å². The van der Waals surface area contributed by atoms with Crippen LogP contribution in [0.15, 0.2) is 108 Å². The second-order valence-corrected chi connectivity index (χ2v) is 12.4. The molecule has 4 aromatic carbocycles. The number of carbonyl (C=O) groups excluding carboxylic acids is 1. The third-order valence-electron chi connectivity index (χ3n) is 8.81. The van der Waals surface area contributed by atoms with Gasteiger partial charge in [0.15, 0.2) is 0 Å². The number of benzene rings is 4. The average Bonchev–Trinajstić information content (AvgIpc) is 3.08. The number of carbonyl (C=O) groups is 1. The van der Waals surface area contributed by atoms with Crippen LogP contribution in [0.2, 0.25) is 0 Å². The molecule has 2 aliphatic heterocycles. The van der Waals surface area contributed by atoms with Crippen molar-refractivity contribution >= 4 is 23.2 Å². The number of aliphatic imine (C=N–C) groups is 1. The van der Waals surface area contributed by atoms with Gasteiger partial charge in [-0.3, -0.25) is 9.69 Å². The van der Waals surface area contributed by atoms with Gasteiger partial charge in [-0.05, 0) is 80.6 Å². The van der Waals surface area contributed by atoms with Crippen LogP contribution in [0.3, 0.4) is 0 Å². The number of hydrogen-bond donors (Lipinski definition) is 1. The van der Waals surface area contributed by atoms with Gasteiger partial charge in [0, 0.05) is 44.0 Å². The number of para-hydroxylation sites is 1. The van der Waals surface area contributed by atoms with Gasteiger partial charge in [-0.1, -0.05) is 72.8 Å². The first-order valence-electron chi connectivity index (χ1n) is 16.2. The Balaban J connectivity index is 1.28. The molecule has 0 saturated carbocycles. The monoisotopic (exact) mass is 618 g/mol. The van der Waals surface area contributed by atoms with Crippen LogP contribution in [-0.4, -0.2) is 79.9 Å². The fraction of sp³-hybridized carbons (Fsp3) is 0.316. The Hall–Kier alpha value is -4.53. The van der Waals surface area contributed by atoms with Crippen LogP contribution in [0.1, 0.15) is 30.0 Å². The molecule has 238 valence electrons. The molecule has 0 aromatic heterocycles. The number of halogens is 1. The smallest absolute Gasteiger partial charge is 0.222 e. The zero-order valence-electron chi connectivity index (χ0n) is 26.8. The third kappa shape index (κ3) is 7.63. The summed E-state index contributed by atoms with van der Waals surface area (Å²) in [7, 11) is 4.24. The number of amides is 1. The second-order valence-electron chi connectivity index (χ2n) is 12.4. The summed E-state index contributed by atoms with van der Waals surface area (Å²) in [6, 6.07) is 33.1. The highest BCUT2D eigenvalue weighted by molar-refractivity contribution is 6.01. The van der Waals surface area contributed by atoms with E-state index >= 15 is 0 Å². The Morgan fingerprint density at radius 1 is 0.848 bits per heavy atom. The highest BCUT2D eigenvalue weighted by atomic mass is 19.1. The van der Waals surface area contributed by atoms with Crippen molar-refractivity contribution in [2.75, 3.05) is 58.3 Å². The maximum atomic E-state index is 13.6. The van der Waals surface area contributed by atoms with Crippen molar-refractivity contribution in [3.63, 3.8) is 0 Å². The zero-order valence-corrected chi connectivity index (χ0v) is 26.8. The van der Waals surface area contributed by atoms with Crippen molar-refractivity contribution in [2.24, 2.45) is 4.99 Å². The largest absolute Gasteiger partial charge is 0.352 e. The molecule has 6 rings (SSSR count). The van der Waals surface area contributed by atoms with Gasteiger partial charge in [0.1, 0.15) is 5.82 Å². The Morgan fingerprint density at radius 2 is 1.52 bits per heavy atom. The summed E-state index contributed by atoms with van der Waals surface area (Å²) in [4.78, 5) is 28.2. The summed E-state index contributed by atoms with van der Waals surface area (Å²) in [5, 5.41) is 3.08. The molecule has 0 bridgehead atoms. The molecule has 2 heterocycles. The maximum Gasteiger partial charge on any atom is 0.222 e. The Kier molecular flexibility index (Phi) is 10.1. The van der Waals surface area contributed by atoms with E-state index in [0.717, 1.165) is 85.3 Å². The normalized spacial score (nSPS) is 16.7. The fourth-order valence-corrected chi connectivity index (χ4v) is 6.31. The molecule has 2 aliphatic rings. The summed E-state index contributed by atoms with van der Waals surface area (Å²) in [5.41, 5.74) is 6.08. The number of nitrogens with zero attached hydrogens (tertiary/aromatic N) is 5. The highest BCUT2D eigenvalue weighted by Crippen LogP contribution is 2.41. The Bertz CT molecular complexity index is 1620. The molecule has 1 atom stereocenters. The van der Waals surface area contributed by atoms with Crippen LogP contribution in [0.5, 0.6) is 0 Å². The molecule has 46 heavy (non-hydrogen) atoms. The second kappa shape index (κ2) is 14.7. The van der Waals surface area contributed by atoms with Crippen molar-refractivity contribution < 1.29 is 9.18 Å². The van der Waals surface area contributed by atoms with E-state index < -0.39 is 0 Å². The van der Waals surface area contributed by atoms with E-state index in [0.29, 0.717) is 6.54 Å². The minimum atomic E-state index is -0.288. The number of anilines is 1. The SMILES string of the molecule is CN(C)CCCN1CCN(C2=Nc3ccccc3C(CC(=O)NCc3ccc(F)cc3)N2c2ccc(-c3ccccc3)cc2)CC1. The van der Waals surface area contributed by atoms with E-state index in [1.54, 1.807) is 12.1 Å². The molecule has 0 radical (unpaired) electrons. The molecule has 1 saturated heterocycles. The van der Waals surface area contributed by atoms with Crippen molar-refractivity contribution in [2.45, 2.75) is 25.4 Å². The van der Waals surface area contributed by atoms with Gasteiger partial charge in [0.2, 0.25) is 11.9 Å². The number of nitrogens with one attached hydrogen (secondary N) is 1. The minimum Gasteiger partial charge on any atom is -0.352 e. The molecule has 8 heteroatoms. The van der Waals surface area contributed by atoms with Crippen LogP contribution < -0.4 is 10.2 Å². The van der Waals surface area contributed by atoms with Crippen LogP contribution in [-0.2, 0) is 11.3 Å². The summed E-state index contributed by atoms with van der Waals surface area (Å²) >= 11 is 0. The van der Waals surface area contributed by atoms with Gasteiger partial charge < -0.3 is 20.0 Å². The van der Waals surface area contributed by atoms with Crippen molar-refractivity contribution in [1.29, 1.82) is 0 Å². The van der Waals surface area contributed by atoms with E-state index in [-0.39, 0.29) is 24.2 Å². The number of guanidine groups is 1. The lowest BCUT2D eigenvalue weighted by Crippen LogP contribution is -2.55. The molecule has 1 unspecified atom stereocenters. The number of hydrogen-bond acceptors (Lipinski definition) is 6. The van der Waals surface area contributed by atoms with Crippen LogP contribution in [0.25, 0.3) is 11.1 Å². The van der Waals surface area contributed by atoms with Crippen LogP contribution in [0.4, 0.5) is 15.8 Å². The topological polar surface area (TPSA) is 54.4 Å². The van der Waals surface area contributed by atoms with Crippen molar-refractivity contribution in [3.05, 3.63) is 120 Å². The van der Waals surface area contributed by atoms with Gasteiger partial charge in [0.05, 0.1) is 18.2 Å². The summed E-state index contributed by atoms with van der Waals surface area (Å²) in [6.45, 7) is 6.19. The van der Waals surface area contributed by atoms with Gasteiger partial charge in [-0.15, -0.1) is 0 Å². The first-order chi connectivity index (χ1) is 22.4. The standard InChI is InChI=1S/C38H43FN6O/c1-42(2)21-8-22-43-23-25-44(26-24-43)38-41-35-12-7-6-11-34(35)36(27-37(46)40-28-29-13-17-32(39)18-14-29)45(38)33-19-15-31(16-20-33)30-9-4-3-5-10-30/h3-7,9-20,36H,8,21-28H2,1-2H3,(H,40,46). The molecule has 1 N–H and O–H groups in total. The molecule has 4 aromatic rings. The lowest BCUT2D eigenvalue weighted by molar-refractivity contribution is -0.121. The van der Waals surface area contributed by atoms with Gasteiger partial charge in [-0.2, -0.15) is 0 Å². The van der Waals surface area contributed by atoms with Gasteiger partial charge >= 0.3 is 0 Å². The molecule has 1 fully saturated rings. The number of rotatable bonds is 10. The van der Waals surface area contributed by atoms with E-state index in [2.05, 4.69) is 93.6 Å². The molecular weight excluding hydrogens is 575 g/mol. The molecular formula is C38H43FN6O. The fourth-order valence-electron chi connectivity index (χ4n) is 6.31. The van der Waals surface area contributed by atoms with Crippen LogP contribution >= 0.6 is 0 Å². The molecule has 0 aliphatic carbocycles. The van der Waals surface area contributed by atoms with Crippen LogP contribution in [0, 0.1) is 5.82 Å². The maximum absolute atomic E-state index is 13.6. The molecule has 0 spiro atoms. The quantitative estimate of drug-likeness (QED) is 0.226. The molecule has 7 nitrogen and oxygen atoms in total. The van der Waals surface area contributed by atoms with Gasteiger partial charge in [0.25, 0.3) is 0 Å². The lowest BCUT2D eigenvalue weighted by atomic mass is 9.96.